The SMILES string of the molecule is CCC(CCO)NC(=O)c1cc(F)ccc1NC(=O)C1CC1C. The van der Waals surface area contributed by atoms with Gasteiger partial charge in [0.25, 0.3) is 5.91 Å². The lowest BCUT2D eigenvalue weighted by Gasteiger charge is -2.17. The van der Waals surface area contributed by atoms with Crippen molar-refractivity contribution in [1.82, 2.24) is 5.32 Å². The van der Waals surface area contributed by atoms with E-state index < -0.39 is 11.7 Å². The summed E-state index contributed by atoms with van der Waals surface area (Å²) < 4.78 is 13.5. The van der Waals surface area contributed by atoms with Crippen LogP contribution in [0.5, 0.6) is 0 Å². The van der Waals surface area contributed by atoms with E-state index >= 15 is 0 Å². The first kappa shape index (κ1) is 17.4. The number of benzene rings is 1. The molecule has 0 saturated heterocycles. The predicted molar refractivity (Wildman–Crippen MR) is 85.5 cm³/mol. The number of hydrogen-bond donors (Lipinski definition) is 3. The molecule has 1 aromatic rings. The van der Waals surface area contributed by atoms with Crippen LogP contribution in [-0.2, 0) is 4.79 Å². The van der Waals surface area contributed by atoms with E-state index in [4.69, 9.17) is 5.11 Å². The Morgan fingerprint density at radius 2 is 2.13 bits per heavy atom. The maximum Gasteiger partial charge on any atom is 0.253 e. The van der Waals surface area contributed by atoms with Gasteiger partial charge in [0, 0.05) is 18.6 Å². The van der Waals surface area contributed by atoms with E-state index in [1.807, 2.05) is 13.8 Å². The van der Waals surface area contributed by atoms with Gasteiger partial charge in [-0.25, -0.2) is 4.39 Å². The molecule has 0 spiro atoms. The highest BCUT2D eigenvalue weighted by Crippen LogP contribution is 2.38. The molecule has 0 aliphatic heterocycles. The average Bonchev–Trinajstić information content (AvgIpc) is 3.25. The van der Waals surface area contributed by atoms with Gasteiger partial charge in [0.1, 0.15) is 5.82 Å². The minimum absolute atomic E-state index is 0.0336. The van der Waals surface area contributed by atoms with E-state index in [-0.39, 0.29) is 30.0 Å². The molecule has 6 heteroatoms. The predicted octanol–water partition coefficient (Wildman–Crippen LogP) is 2.31. The molecule has 3 atom stereocenters. The molecule has 1 fully saturated rings. The number of halogens is 1. The van der Waals surface area contributed by atoms with Crippen LogP contribution in [0, 0.1) is 17.7 Å². The van der Waals surface area contributed by atoms with Gasteiger partial charge in [-0.05, 0) is 43.4 Å². The van der Waals surface area contributed by atoms with Crippen LogP contribution in [0.4, 0.5) is 10.1 Å². The van der Waals surface area contributed by atoms with E-state index in [9.17, 15) is 14.0 Å². The average molecular weight is 322 g/mol. The Morgan fingerprint density at radius 3 is 2.70 bits per heavy atom. The fraction of sp³-hybridized carbons (Fsp3) is 0.529. The highest BCUT2D eigenvalue weighted by Gasteiger charge is 2.39. The lowest BCUT2D eigenvalue weighted by Crippen LogP contribution is -2.35. The Kier molecular flexibility index (Phi) is 5.71. The largest absolute Gasteiger partial charge is 0.396 e. The first-order chi connectivity index (χ1) is 11.0. The van der Waals surface area contributed by atoms with Gasteiger partial charge in [-0.2, -0.15) is 0 Å². The van der Waals surface area contributed by atoms with E-state index in [0.717, 1.165) is 12.5 Å². The van der Waals surface area contributed by atoms with Crippen molar-refractivity contribution in [3.8, 4) is 0 Å². The monoisotopic (exact) mass is 322 g/mol. The van der Waals surface area contributed by atoms with Crippen LogP contribution < -0.4 is 10.6 Å². The zero-order valence-electron chi connectivity index (χ0n) is 13.4. The number of carbonyl (C=O) groups excluding carboxylic acids is 2. The fourth-order valence-electron chi connectivity index (χ4n) is 2.52. The Balaban J connectivity index is 2.14. The quantitative estimate of drug-likeness (QED) is 0.721. The van der Waals surface area contributed by atoms with Gasteiger partial charge >= 0.3 is 0 Å². The number of carbonyl (C=O) groups is 2. The number of hydrogen-bond acceptors (Lipinski definition) is 3. The summed E-state index contributed by atoms with van der Waals surface area (Å²) in [5.74, 6) is -0.817. The minimum atomic E-state index is -0.539. The summed E-state index contributed by atoms with van der Waals surface area (Å²) in [5.41, 5.74) is 0.412. The second-order valence-electron chi connectivity index (χ2n) is 6.09. The van der Waals surface area contributed by atoms with Gasteiger partial charge in [0.15, 0.2) is 0 Å². The molecular weight excluding hydrogens is 299 g/mol. The summed E-state index contributed by atoms with van der Waals surface area (Å²) in [5, 5.41) is 14.5. The molecule has 1 aliphatic carbocycles. The van der Waals surface area contributed by atoms with E-state index in [1.54, 1.807) is 0 Å². The number of aliphatic hydroxyl groups excluding tert-OH is 1. The van der Waals surface area contributed by atoms with Crippen molar-refractivity contribution in [2.75, 3.05) is 11.9 Å². The standard InChI is InChI=1S/C17H23FN2O3/c1-3-12(6-7-21)19-17(23)14-9-11(18)4-5-15(14)20-16(22)13-8-10(13)2/h4-5,9-10,12-13,21H,3,6-8H2,1-2H3,(H,19,23)(H,20,22). The van der Waals surface area contributed by atoms with Gasteiger partial charge in [0.05, 0.1) is 11.3 Å². The molecule has 1 aliphatic rings. The van der Waals surface area contributed by atoms with Crippen LogP contribution >= 0.6 is 0 Å². The van der Waals surface area contributed by atoms with Crippen LogP contribution in [0.25, 0.3) is 0 Å². The van der Waals surface area contributed by atoms with Gasteiger partial charge in [-0.15, -0.1) is 0 Å². The molecule has 3 N–H and O–H groups in total. The number of amides is 2. The van der Waals surface area contributed by atoms with Gasteiger partial charge < -0.3 is 15.7 Å². The molecule has 23 heavy (non-hydrogen) atoms. The topological polar surface area (TPSA) is 78.4 Å². The molecule has 0 bridgehead atoms. The van der Waals surface area contributed by atoms with Crippen molar-refractivity contribution in [2.45, 2.75) is 39.2 Å². The minimum Gasteiger partial charge on any atom is -0.396 e. The van der Waals surface area contributed by atoms with Crippen LogP contribution in [0.2, 0.25) is 0 Å². The summed E-state index contributed by atoms with van der Waals surface area (Å²) in [6.07, 6.45) is 1.92. The lowest BCUT2D eigenvalue weighted by molar-refractivity contribution is -0.117. The zero-order valence-corrected chi connectivity index (χ0v) is 13.4. The van der Waals surface area contributed by atoms with Gasteiger partial charge in [-0.3, -0.25) is 9.59 Å². The summed E-state index contributed by atoms with van der Waals surface area (Å²) in [4.78, 5) is 24.4. The van der Waals surface area contributed by atoms with Crippen molar-refractivity contribution in [3.63, 3.8) is 0 Å². The van der Waals surface area contributed by atoms with Crippen LogP contribution in [0.3, 0.4) is 0 Å². The molecule has 3 unspecified atom stereocenters. The Morgan fingerprint density at radius 1 is 1.43 bits per heavy atom. The first-order valence-electron chi connectivity index (χ1n) is 7.98. The van der Waals surface area contributed by atoms with E-state index in [0.29, 0.717) is 24.4 Å². The van der Waals surface area contributed by atoms with E-state index in [2.05, 4.69) is 10.6 Å². The van der Waals surface area contributed by atoms with Crippen molar-refractivity contribution in [1.29, 1.82) is 0 Å². The molecule has 5 nitrogen and oxygen atoms in total. The number of nitrogens with one attached hydrogen (secondary N) is 2. The highest BCUT2D eigenvalue weighted by molar-refractivity contribution is 6.04. The van der Waals surface area contributed by atoms with Crippen LogP contribution in [-0.4, -0.2) is 29.6 Å². The van der Waals surface area contributed by atoms with Crippen LogP contribution in [0.1, 0.15) is 43.5 Å². The highest BCUT2D eigenvalue weighted by atomic mass is 19.1. The fourth-order valence-corrected chi connectivity index (χ4v) is 2.52. The maximum absolute atomic E-state index is 13.5. The molecule has 0 aromatic heterocycles. The van der Waals surface area contributed by atoms with Crippen molar-refractivity contribution in [2.24, 2.45) is 11.8 Å². The molecular formula is C17H23FN2O3. The Labute approximate surface area is 135 Å². The molecule has 1 saturated carbocycles. The smallest absolute Gasteiger partial charge is 0.253 e. The van der Waals surface area contributed by atoms with Gasteiger partial charge in [0.2, 0.25) is 5.91 Å². The summed E-state index contributed by atoms with van der Waals surface area (Å²) in [7, 11) is 0. The second-order valence-corrected chi connectivity index (χ2v) is 6.09. The molecule has 126 valence electrons. The van der Waals surface area contributed by atoms with Crippen molar-refractivity contribution >= 4 is 17.5 Å². The van der Waals surface area contributed by atoms with E-state index in [1.165, 1.54) is 12.1 Å². The van der Waals surface area contributed by atoms with Crippen molar-refractivity contribution < 1.29 is 19.1 Å². The third-order valence-corrected chi connectivity index (χ3v) is 4.24. The normalized spacial score (nSPS) is 20.7. The Hall–Kier alpha value is -1.95. The molecule has 2 amide bonds. The molecule has 0 heterocycles. The summed E-state index contributed by atoms with van der Waals surface area (Å²) in [6.45, 7) is 3.84. The molecule has 1 aromatic carbocycles. The second kappa shape index (κ2) is 7.55. The number of aliphatic hydroxyl groups is 1. The summed E-state index contributed by atoms with van der Waals surface area (Å²) in [6, 6.07) is 3.55. The third kappa shape index (κ3) is 4.51. The first-order valence-corrected chi connectivity index (χ1v) is 7.98. The van der Waals surface area contributed by atoms with Gasteiger partial charge in [-0.1, -0.05) is 13.8 Å². The number of rotatable bonds is 7. The zero-order chi connectivity index (χ0) is 17.0. The third-order valence-electron chi connectivity index (χ3n) is 4.24. The molecule has 2 rings (SSSR count). The summed E-state index contributed by atoms with van der Waals surface area (Å²) >= 11 is 0. The molecule has 0 radical (unpaired) electrons. The lowest BCUT2D eigenvalue weighted by atomic mass is 10.1. The maximum atomic E-state index is 13.5. The number of anilines is 1. The van der Waals surface area contributed by atoms with Crippen molar-refractivity contribution in [3.05, 3.63) is 29.6 Å². The Bertz CT molecular complexity index is 591. The van der Waals surface area contributed by atoms with Crippen LogP contribution in [0.15, 0.2) is 18.2 Å².